The zero-order chi connectivity index (χ0) is 9.14. The molecule has 12 heavy (non-hydrogen) atoms. The van der Waals surface area contributed by atoms with Crippen LogP contribution in [0.3, 0.4) is 0 Å². The highest BCUT2D eigenvalue weighted by Crippen LogP contribution is 2.04. The van der Waals surface area contributed by atoms with Gasteiger partial charge in [-0.1, -0.05) is 13.8 Å². The molecule has 1 atom stereocenters. The molecule has 1 unspecified atom stereocenters. The van der Waals surface area contributed by atoms with Crippen molar-refractivity contribution in [1.82, 2.24) is 15.2 Å². The Morgan fingerprint density at radius 2 is 2.17 bits per heavy atom. The summed E-state index contributed by atoms with van der Waals surface area (Å²) < 4.78 is 0. The Kier molecular flexibility index (Phi) is 2.65. The number of nitrogen functional groups attached to an aromatic ring is 1. The molecule has 1 aromatic heterocycles. The van der Waals surface area contributed by atoms with E-state index in [1.165, 1.54) is 0 Å². The molecule has 0 amide bonds. The van der Waals surface area contributed by atoms with Crippen LogP contribution in [0.2, 0.25) is 0 Å². The first kappa shape index (κ1) is 8.99. The summed E-state index contributed by atoms with van der Waals surface area (Å²) in [6, 6.07) is 0.109. The fourth-order valence-electron chi connectivity index (χ4n) is 0.860. The highest BCUT2D eigenvalue weighted by Gasteiger charge is 2.10. The maximum atomic E-state index is 5.83. The number of nitrogens with two attached hydrogens (primary N) is 2. The van der Waals surface area contributed by atoms with Crippen LogP contribution >= 0.6 is 0 Å². The van der Waals surface area contributed by atoms with Gasteiger partial charge in [-0.15, -0.1) is 5.10 Å². The van der Waals surface area contributed by atoms with E-state index < -0.39 is 0 Å². The first-order valence-electron chi connectivity index (χ1n) is 4.02. The quantitative estimate of drug-likeness (QED) is 0.589. The minimum Gasteiger partial charge on any atom is -0.367 e. The van der Waals surface area contributed by atoms with Gasteiger partial charge in [0.1, 0.15) is 5.82 Å². The van der Waals surface area contributed by atoms with Gasteiger partial charge in [0.15, 0.2) is 0 Å². The van der Waals surface area contributed by atoms with Gasteiger partial charge in [0.05, 0.1) is 0 Å². The molecule has 5 heteroatoms. The van der Waals surface area contributed by atoms with E-state index in [2.05, 4.69) is 29.0 Å². The molecule has 0 aromatic carbocycles. The smallest absolute Gasteiger partial charge is 0.239 e. The van der Waals surface area contributed by atoms with E-state index in [9.17, 15) is 0 Å². The Morgan fingerprint density at radius 3 is 2.58 bits per heavy atom. The highest BCUT2D eigenvalue weighted by molar-refractivity contribution is 5.12. The number of rotatable bonds is 3. The molecule has 1 aromatic rings. The summed E-state index contributed by atoms with van der Waals surface area (Å²) in [5.74, 6) is 1.48. The molecule has 5 nitrogen and oxygen atoms in total. The number of aromatic nitrogens is 3. The van der Waals surface area contributed by atoms with Crippen LogP contribution < -0.4 is 11.5 Å². The van der Waals surface area contributed by atoms with Crippen LogP contribution in [0, 0.1) is 5.92 Å². The van der Waals surface area contributed by atoms with E-state index >= 15 is 0 Å². The lowest BCUT2D eigenvalue weighted by Crippen LogP contribution is -2.29. The van der Waals surface area contributed by atoms with Crippen molar-refractivity contribution in [3.63, 3.8) is 0 Å². The highest BCUT2D eigenvalue weighted by atomic mass is 15.3. The zero-order valence-corrected chi connectivity index (χ0v) is 7.41. The Bertz CT molecular complexity index is 242. The molecule has 0 bridgehead atoms. The average molecular weight is 169 g/mol. The molecule has 1 rings (SSSR count). The summed E-state index contributed by atoms with van der Waals surface area (Å²) in [5, 5.41) is 6.44. The standard InChI is InChI=1S/C7H15N5/c1-4(2)5(8)3-6-10-7(9)12-11-6/h4-5H,3,8H2,1-2H3,(H3,9,10,11,12). The summed E-state index contributed by atoms with van der Waals surface area (Å²) in [4.78, 5) is 3.96. The number of hydrogen-bond acceptors (Lipinski definition) is 4. The molecule has 5 N–H and O–H groups in total. The van der Waals surface area contributed by atoms with Crippen LogP contribution in [0.4, 0.5) is 5.95 Å². The number of anilines is 1. The lowest BCUT2D eigenvalue weighted by atomic mass is 10.0. The second-order valence-electron chi connectivity index (χ2n) is 3.25. The lowest BCUT2D eigenvalue weighted by Gasteiger charge is -2.12. The van der Waals surface area contributed by atoms with Gasteiger partial charge in [-0.2, -0.15) is 4.98 Å². The number of nitrogens with one attached hydrogen (secondary N) is 1. The van der Waals surface area contributed by atoms with E-state index in [0.717, 1.165) is 5.82 Å². The number of aromatic amines is 1. The maximum absolute atomic E-state index is 5.83. The number of nitrogens with zero attached hydrogens (tertiary/aromatic N) is 2. The maximum Gasteiger partial charge on any atom is 0.239 e. The van der Waals surface area contributed by atoms with Crippen LogP contribution in [0.25, 0.3) is 0 Å². The van der Waals surface area contributed by atoms with Crippen LogP contribution in [-0.4, -0.2) is 21.2 Å². The van der Waals surface area contributed by atoms with Gasteiger partial charge >= 0.3 is 0 Å². The third-order valence-electron chi connectivity index (χ3n) is 1.83. The summed E-state index contributed by atoms with van der Waals surface area (Å²) in [5.41, 5.74) is 11.2. The van der Waals surface area contributed by atoms with E-state index in [0.29, 0.717) is 12.3 Å². The van der Waals surface area contributed by atoms with Crippen molar-refractivity contribution in [1.29, 1.82) is 0 Å². The monoisotopic (exact) mass is 169 g/mol. The van der Waals surface area contributed by atoms with Gasteiger partial charge in [-0.25, -0.2) is 0 Å². The summed E-state index contributed by atoms with van der Waals surface area (Å²) in [7, 11) is 0. The second-order valence-corrected chi connectivity index (χ2v) is 3.25. The topological polar surface area (TPSA) is 93.6 Å². The Morgan fingerprint density at radius 1 is 1.50 bits per heavy atom. The van der Waals surface area contributed by atoms with E-state index in [1.807, 2.05) is 0 Å². The molecule has 0 saturated heterocycles. The summed E-state index contributed by atoms with van der Waals surface area (Å²) in [6.07, 6.45) is 0.696. The first-order chi connectivity index (χ1) is 5.59. The predicted molar refractivity (Wildman–Crippen MR) is 47.3 cm³/mol. The molecule has 0 radical (unpaired) electrons. The third-order valence-corrected chi connectivity index (χ3v) is 1.83. The zero-order valence-electron chi connectivity index (χ0n) is 7.41. The fourth-order valence-corrected chi connectivity index (χ4v) is 0.860. The Hall–Kier alpha value is -1.10. The van der Waals surface area contributed by atoms with Crippen molar-refractivity contribution in [2.45, 2.75) is 26.3 Å². The lowest BCUT2D eigenvalue weighted by molar-refractivity contribution is 0.482. The van der Waals surface area contributed by atoms with Crippen molar-refractivity contribution in [2.24, 2.45) is 11.7 Å². The molecule has 0 aliphatic carbocycles. The van der Waals surface area contributed by atoms with Crippen LogP contribution in [0.1, 0.15) is 19.7 Å². The fraction of sp³-hybridized carbons (Fsp3) is 0.714. The third kappa shape index (κ3) is 2.20. The number of hydrogen-bond donors (Lipinski definition) is 3. The molecular weight excluding hydrogens is 154 g/mol. The van der Waals surface area contributed by atoms with Crippen LogP contribution in [-0.2, 0) is 6.42 Å². The Labute approximate surface area is 71.6 Å². The van der Waals surface area contributed by atoms with Gasteiger partial charge in [-0.05, 0) is 5.92 Å². The molecule has 68 valence electrons. The second kappa shape index (κ2) is 3.53. The largest absolute Gasteiger partial charge is 0.367 e. The first-order valence-corrected chi connectivity index (χ1v) is 4.02. The van der Waals surface area contributed by atoms with E-state index in [-0.39, 0.29) is 12.0 Å². The van der Waals surface area contributed by atoms with Crippen molar-refractivity contribution in [3.05, 3.63) is 5.82 Å². The number of H-pyrrole nitrogens is 1. The van der Waals surface area contributed by atoms with Crippen molar-refractivity contribution in [3.8, 4) is 0 Å². The normalized spacial score (nSPS) is 13.7. The minimum atomic E-state index is 0.109. The van der Waals surface area contributed by atoms with Crippen molar-refractivity contribution in [2.75, 3.05) is 5.73 Å². The van der Waals surface area contributed by atoms with E-state index in [4.69, 9.17) is 11.5 Å². The molecule has 0 spiro atoms. The molecule has 0 aliphatic rings. The molecule has 1 heterocycles. The SMILES string of the molecule is CC(C)C(N)Cc1nc(N)n[nH]1. The summed E-state index contributed by atoms with van der Waals surface area (Å²) >= 11 is 0. The molecule has 0 fully saturated rings. The van der Waals surface area contributed by atoms with Gasteiger partial charge in [0.25, 0.3) is 0 Å². The van der Waals surface area contributed by atoms with Gasteiger partial charge in [-0.3, -0.25) is 5.10 Å². The van der Waals surface area contributed by atoms with Gasteiger partial charge in [0, 0.05) is 12.5 Å². The van der Waals surface area contributed by atoms with Crippen molar-refractivity contribution < 1.29 is 0 Å². The van der Waals surface area contributed by atoms with Gasteiger partial charge < -0.3 is 11.5 Å². The van der Waals surface area contributed by atoms with E-state index in [1.54, 1.807) is 0 Å². The van der Waals surface area contributed by atoms with Crippen molar-refractivity contribution >= 4 is 5.95 Å². The molecular formula is C7H15N5. The average Bonchev–Trinajstić information content (AvgIpc) is 2.35. The summed E-state index contributed by atoms with van der Waals surface area (Å²) in [6.45, 7) is 4.15. The van der Waals surface area contributed by atoms with Crippen LogP contribution in [0.5, 0.6) is 0 Å². The predicted octanol–water partition coefficient (Wildman–Crippen LogP) is -0.0873. The molecule has 0 aliphatic heterocycles. The van der Waals surface area contributed by atoms with Crippen LogP contribution in [0.15, 0.2) is 0 Å². The molecule has 0 saturated carbocycles. The minimum absolute atomic E-state index is 0.109. The Balaban J connectivity index is 2.52. The van der Waals surface area contributed by atoms with Gasteiger partial charge in [0.2, 0.25) is 5.95 Å².